The number of rotatable bonds is 6. The number of nitrogens with zero attached hydrogens (tertiary/aromatic N) is 3. The number of hydrogen-bond donors (Lipinski definition) is 2. The molecule has 2 amide bonds. The normalized spacial score (nSPS) is 10.4. The molecule has 2 aromatic carbocycles. The van der Waals surface area contributed by atoms with Gasteiger partial charge in [-0.05, 0) is 36.4 Å². The zero-order chi connectivity index (χ0) is 19.2. The molecule has 138 valence electrons. The van der Waals surface area contributed by atoms with Crippen LogP contribution in [0.15, 0.2) is 60.0 Å². The molecule has 0 aliphatic heterocycles. The molecule has 0 saturated carbocycles. The van der Waals surface area contributed by atoms with Crippen molar-refractivity contribution in [3.05, 3.63) is 65.4 Å². The maximum Gasteiger partial charge on any atom is 0.255 e. The number of aromatic nitrogens is 3. The van der Waals surface area contributed by atoms with E-state index in [2.05, 4.69) is 20.8 Å². The fourth-order valence-electron chi connectivity index (χ4n) is 2.24. The predicted octanol–water partition coefficient (Wildman–Crippen LogP) is 3.45. The van der Waals surface area contributed by atoms with Crippen molar-refractivity contribution in [2.75, 3.05) is 16.4 Å². The summed E-state index contributed by atoms with van der Waals surface area (Å²) in [5.41, 5.74) is 1.56. The number of benzene rings is 2. The molecule has 2 N–H and O–H groups in total. The molecule has 0 aliphatic carbocycles. The summed E-state index contributed by atoms with van der Waals surface area (Å²) >= 11 is 7.20. The molecule has 1 aromatic heterocycles. The Morgan fingerprint density at radius 1 is 1.11 bits per heavy atom. The minimum atomic E-state index is -0.290. The molecule has 0 fully saturated rings. The minimum Gasteiger partial charge on any atom is -0.325 e. The van der Waals surface area contributed by atoms with Gasteiger partial charge in [-0.3, -0.25) is 9.59 Å². The highest BCUT2D eigenvalue weighted by atomic mass is 35.5. The molecule has 0 radical (unpaired) electrons. The van der Waals surface area contributed by atoms with Crippen LogP contribution in [0, 0.1) is 0 Å². The van der Waals surface area contributed by atoms with Crippen LogP contribution in [-0.2, 0) is 11.8 Å². The number of thioether (sulfide) groups is 1. The van der Waals surface area contributed by atoms with E-state index < -0.39 is 0 Å². The number of hydrogen-bond acceptors (Lipinski definition) is 5. The van der Waals surface area contributed by atoms with Gasteiger partial charge in [0.2, 0.25) is 5.91 Å². The van der Waals surface area contributed by atoms with Gasteiger partial charge in [-0.1, -0.05) is 35.5 Å². The Kier molecular flexibility index (Phi) is 6.10. The summed E-state index contributed by atoms with van der Waals surface area (Å²) in [5, 5.41) is 14.4. The zero-order valence-electron chi connectivity index (χ0n) is 14.3. The smallest absolute Gasteiger partial charge is 0.255 e. The van der Waals surface area contributed by atoms with Crippen LogP contribution in [0.3, 0.4) is 0 Å². The molecule has 0 unspecified atom stereocenters. The summed E-state index contributed by atoms with van der Waals surface area (Å²) < 4.78 is 1.73. The van der Waals surface area contributed by atoms with Crippen molar-refractivity contribution >= 4 is 46.6 Å². The van der Waals surface area contributed by atoms with Gasteiger partial charge in [0.05, 0.1) is 5.75 Å². The molecule has 0 saturated heterocycles. The molecule has 0 aliphatic rings. The first-order valence-electron chi connectivity index (χ1n) is 7.95. The Bertz CT molecular complexity index is 976. The van der Waals surface area contributed by atoms with Gasteiger partial charge < -0.3 is 15.2 Å². The molecular weight excluding hydrogens is 386 g/mol. The van der Waals surface area contributed by atoms with E-state index in [4.69, 9.17) is 11.6 Å². The zero-order valence-corrected chi connectivity index (χ0v) is 15.9. The molecule has 0 spiro atoms. The topological polar surface area (TPSA) is 88.9 Å². The lowest BCUT2D eigenvalue weighted by molar-refractivity contribution is -0.113. The van der Waals surface area contributed by atoms with E-state index in [1.54, 1.807) is 59.4 Å². The van der Waals surface area contributed by atoms with Gasteiger partial charge in [-0.25, -0.2) is 0 Å². The predicted molar refractivity (Wildman–Crippen MR) is 106 cm³/mol. The number of amides is 2. The Hall–Kier alpha value is -2.84. The molecule has 3 rings (SSSR count). The number of carbonyl (C=O) groups is 2. The number of nitrogens with one attached hydrogen (secondary N) is 2. The lowest BCUT2D eigenvalue weighted by Crippen LogP contribution is -2.16. The Morgan fingerprint density at radius 3 is 2.56 bits per heavy atom. The van der Waals surface area contributed by atoms with Crippen molar-refractivity contribution in [1.29, 1.82) is 0 Å². The SMILES string of the molecule is Cn1cnnc1SCC(=O)Nc1cccc(C(=O)Nc2cccc(Cl)c2)c1. The number of aryl methyl sites for hydroxylation is 1. The number of anilines is 2. The third kappa shape index (κ3) is 5.32. The average Bonchev–Trinajstić information content (AvgIpc) is 3.05. The van der Waals surface area contributed by atoms with Gasteiger partial charge in [-0.2, -0.15) is 0 Å². The van der Waals surface area contributed by atoms with Gasteiger partial charge >= 0.3 is 0 Å². The van der Waals surface area contributed by atoms with Crippen molar-refractivity contribution in [2.24, 2.45) is 7.05 Å². The van der Waals surface area contributed by atoms with E-state index in [1.807, 2.05) is 7.05 Å². The van der Waals surface area contributed by atoms with Crippen molar-refractivity contribution in [3.63, 3.8) is 0 Å². The van der Waals surface area contributed by atoms with Gasteiger partial charge in [-0.15, -0.1) is 10.2 Å². The third-order valence-corrected chi connectivity index (χ3v) is 4.76. The van der Waals surface area contributed by atoms with Gasteiger partial charge in [0.1, 0.15) is 6.33 Å². The van der Waals surface area contributed by atoms with E-state index in [0.717, 1.165) is 0 Å². The Labute approximate surface area is 165 Å². The first kappa shape index (κ1) is 18.9. The second-order valence-electron chi connectivity index (χ2n) is 5.61. The van der Waals surface area contributed by atoms with Crippen LogP contribution in [-0.4, -0.2) is 32.3 Å². The summed E-state index contributed by atoms with van der Waals surface area (Å²) in [4.78, 5) is 24.5. The average molecular weight is 402 g/mol. The van der Waals surface area contributed by atoms with E-state index in [1.165, 1.54) is 11.8 Å². The summed E-state index contributed by atoms with van der Waals surface area (Å²) in [6.07, 6.45) is 1.57. The van der Waals surface area contributed by atoms with Crippen LogP contribution in [0.1, 0.15) is 10.4 Å². The number of halogens is 1. The van der Waals surface area contributed by atoms with Crippen LogP contribution in [0.2, 0.25) is 5.02 Å². The molecule has 7 nitrogen and oxygen atoms in total. The van der Waals surface area contributed by atoms with Crippen LogP contribution in [0.4, 0.5) is 11.4 Å². The van der Waals surface area contributed by atoms with Crippen LogP contribution < -0.4 is 10.6 Å². The van der Waals surface area contributed by atoms with E-state index in [0.29, 0.717) is 27.1 Å². The molecule has 9 heteroatoms. The molecule has 0 bridgehead atoms. The highest BCUT2D eigenvalue weighted by Crippen LogP contribution is 2.18. The van der Waals surface area contributed by atoms with E-state index in [-0.39, 0.29) is 17.6 Å². The fourth-order valence-corrected chi connectivity index (χ4v) is 3.12. The maximum absolute atomic E-state index is 12.4. The van der Waals surface area contributed by atoms with Gasteiger partial charge in [0.15, 0.2) is 5.16 Å². The van der Waals surface area contributed by atoms with E-state index in [9.17, 15) is 9.59 Å². The van der Waals surface area contributed by atoms with Crippen LogP contribution in [0.25, 0.3) is 0 Å². The first-order valence-corrected chi connectivity index (χ1v) is 9.31. The summed E-state index contributed by atoms with van der Waals surface area (Å²) in [6.45, 7) is 0. The van der Waals surface area contributed by atoms with Gasteiger partial charge in [0.25, 0.3) is 5.91 Å². The first-order chi connectivity index (χ1) is 13.0. The van der Waals surface area contributed by atoms with Crippen molar-refractivity contribution in [3.8, 4) is 0 Å². The van der Waals surface area contributed by atoms with Crippen molar-refractivity contribution in [2.45, 2.75) is 5.16 Å². The van der Waals surface area contributed by atoms with Crippen molar-refractivity contribution in [1.82, 2.24) is 14.8 Å². The standard InChI is InChI=1S/C18H16ClN5O2S/c1-24-11-20-23-18(24)27-10-16(25)21-14-6-2-4-12(8-14)17(26)22-15-7-3-5-13(19)9-15/h2-9,11H,10H2,1H3,(H,21,25)(H,22,26). The summed E-state index contributed by atoms with van der Waals surface area (Å²) in [7, 11) is 1.81. The molecule has 1 heterocycles. The highest BCUT2D eigenvalue weighted by molar-refractivity contribution is 7.99. The highest BCUT2D eigenvalue weighted by Gasteiger charge is 2.10. The third-order valence-electron chi connectivity index (χ3n) is 3.49. The largest absolute Gasteiger partial charge is 0.325 e. The maximum atomic E-state index is 12.4. The summed E-state index contributed by atoms with van der Waals surface area (Å²) in [6, 6.07) is 13.6. The fraction of sp³-hybridized carbons (Fsp3) is 0.111. The monoisotopic (exact) mass is 401 g/mol. The van der Waals surface area contributed by atoms with Crippen LogP contribution >= 0.6 is 23.4 Å². The molecule has 3 aromatic rings. The van der Waals surface area contributed by atoms with Gasteiger partial charge in [0, 0.05) is 29.0 Å². The summed E-state index contributed by atoms with van der Waals surface area (Å²) in [5.74, 6) is -0.303. The molecule has 0 atom stereocenters. The number of carbonyl (C=O) groups excluding carboxylic acids is 2. The molecular formula is C18H16ClN5O2S. The minimum absolute atomic E-state index is 0.186. The van der Waals surface area contributed by atoms with E-state index >= 15 is 0 Å². The second-order valence-corrected chi connectivity index (χ2v) is 6.99. The van der Waals surface area contributed by atoms with Crippen LogP contribution in [0.5, 0.6) is 0 Å². The van der Waals surface area contributed by atoms with Crippen molar-refractivity contribution < 1.29 is 9.59 Å². The Balaban J connectivity index is 1.60. The molecule has 27 heavy (non-hydrogen) atoms. The quantitative estimate of drug-likeness (QED) is 0.617. The lowest BCUT2D eigenvalue weighted by Gasteiger charge is -2.08. The Morgan fingerprint density at radius 2 is 1.85 bits per heavy atom. The lowest BCUT2D eigenvalue weighted by atomic mass is 10.2. The second kappa shape index (κ2) is 8.70.